The predicted molar refractivity (Wildman–Crippen MR) is 61.4 cm³/mol. The number of alkyl halides is 1. The molecule has 0 unspecified atom stereocenters. The molecule has 0 aromatic carbocycles. The molecule has 4 heteroatoms. The Morgan fingerprint density at radius 1 is 1.47 bits per heavy atom. The topological polar surface area (TPSA) is 42.0 Å². The molecule has 1 aromatic rings. The van der Waals surface area contributed by atoms with Crippen molar-refractivity contribution in [2.45, 2.75) is 20.3 Å². The zero-order chi connectivity index (χ0) is 11.3. The third-order valence-electron chi connectivity index (χ3n) is 2.07. The summed E-state index contributed by atoms with van der Waals surface area (Å²) in [6, 6.07) is 3.64. The van der Waals surface area contributed by atoms with Gasteiger partial charge in [0.2, 0.25) is 0 Å². The maximum atomic E-state index is 11.7. The predicted octanol–water partition coefficient (Wildman–Crippen LogP) is 2.06. The van der Waals surface area contributed by atoms with Crippen LogP contribution in [0.3, 0.4) is 0 Å². The largest absolute Gasteiger partial charge is 0.352 e. The number of aromatic nitrogens is 1. The minimum absolute atomic E-state index is 0.0786. The van der Waals surface area contributed by atoms with Crippen molar-refractivity contribution in [2.75, 3.05) is 12.4 Å². The lowest BCUT2D eigenvalue weighted by atomic mass is 10.1. The fourth-order valence-corrected chi connectivity index (χ4v) is 1.42. The van der Waals surface area contributed by atoms with E-state index >= 15 is 0 Å². The summed E-state index contributed by atoms with van der Waals surface area (Å²) in [6.07, 6.45) is 0.783. The number of pyridine rings is 1. The number of hydrogen-bond donors (Lipinski definition) is 1. The van der Waals surface area contributed by atoms with Crippen LogP contribution in [0, 0.1) is 13.8 Å². The lowest BCUT2D eigenvalue weighted by Gasteiger charge is -2.06. The van der Waals surface area contributed by atoms with Crippen molar-refractivity contribution in [1.82, 2.24) is 10.3 Å². The molecule has 0 aliphatic heterocycles. The van der Waals surface area contributed by atoms with Gasteiger partial charge in [0.25, 0.3) is 5.91 Å². The Morgan fingerprint density at radius 3 is 2.80 bits per heavy atom. The van der Waals surface area contributed by atoms with Crippen molar-refractivity contribution < 1.29 is 4.79 Å². The summed E-state index contributed by atoms with van der Waals surface area (Å²) < 4.78 is 0. The quantitative estimate of drug-likeness (QED) is 0.631. The van der Waals surface area contributed by atoms with Gasteiger partial charge in [-0.2, -0.15) is 0 Å². The second kappa shape index (κ2) is 5.71. The van der Waals surface area contributed by atoms with E-state index in [1.54, 1.807) is 6.07 Å². The Morgan fingerprint density at radius 2 is 2.20 bits per heavy atom. The number of amides is 1. The Labute approximate surface area is 94.9 Å². The Kier molecular flexibility index (Phi) is 4.56. The first kappa shape index (κ1) is 12.0. The van der Waals surface area contributed by atoms with Crippen molar-refractivity contribution in [1.29, 1.82) is 0 Å². The van der Waals surface area contributed by atoms with Gasteiger partial charge >= 0.3 is 0 Å². The number of aryl methyl sites for hydroxylation is 2. The van der Waals surface area contributed by atoms with Crippen molar-refractivity contribution >= 4 is 17.5 Å². The van der Waals surface area contributed by atoms with Gasteiger partial charge in [-0.1, -0.05) is 0 Å². The summed E-state index contributed by atoms with van der Waals surface area (Å²) in [6.45, 7) is 4.35. The number of carbonyl (C=O) groups is 1. The van der Waals surface area contributed by atoms with E-state index in [9.17, 15) is 4.79 Å². The first-order valence-electron chi connectivity index (χ1n) is 4.93. The SMILES string of the molecule is Cc1ccc(C(=O)NCCCCl)c(C)n1. The zero-order valence-electron chi connectivity index (χ0n) is 9.01. The van der Waals surface area contributed by atoms with E-state index in [1.165, 1.54) is 0 Å². The summed E-state index contributed by atoms with van der Waals surface area (Å²) in [5.74, 6) is 0.482. The highest BCUT2D eigenvalue weighted by Crippen LogP contribution is 2.05. The van der Waals surface area contributed by atoms with Gasteiger partial charge in [0.05, 0.1) is 11.3 Å². The molecule has 0 saturated carbocycles. The van der Waals surface area contributed by atoms with E-state index in [0.717, 1.165) is 17.8 Å². The van der Waals surface area contributed by atoms with Crippen LogP contribution in [-0.4, -0.2) is 23.3 Å². The number of nitrogens with zero attached hydrogens (tertiary/aromatic N) is 1. The molecule has 1 aromatic heterocycles. The molecule has 3 nitrogen and oxygen atoms in total. The van der Waals surface area contributed by atoms with E-state index in [1.807, 2.05) is 19.9 Å². The summed E-state index contributed by atoms with van der Waals surface area (Å²) in [4.78, 5) is 15.9. The van der Waals surface area contributed by atoms with Gasteiger partial charge in [0.15, 0.2) is 0 Å². The smallest absolute Gasteiger partial charge is 0.253 e. The molecule has 0 aliphatic carbocycles. The molecular weight excluding hydrogens is 212 g/mol. The fraction of sp³-hybridized carbons (Fsp3) is 0.455. The molecule has 0 saturated heterocycles. The first-order valence-corrected chi connectivity index (χ1v) is 5.47. The average Bonchev–Trinajstić information content (AvgIpc) is 2.17. The molecule has 0 bridgehead atoms. The first-order chi connectivity index (χ1) is 7.15. The molecule has 0 aliphatic rings. The van der Waals surface area contributed by atoms with Gasteiger partial charge in [-0.3, -0.25) is 9.78 Å². The van der Waals surface area contributed by atoms with Crippen molar-refractivity contribution in [2.24, 2.45) is 0 Å². The summed E-state index contributed by atoms with van der Waals surface area (Å²) in [7, 11) is 0. The van der Waals surface area contributed by atoms with E-state index in [-0.39, 0.29) is 5.91 Å². The van der Waals surface area contributed by atoms with Crippen LogP contribution in [0.25, 0.3) is 0 Å². The molecule has 0 atom stereocenters. The number of rotatable bonds is 4. The number of carbonyl (C=O) groups excluding carboxylic acids is 1. The van der Waals surface area contributed by atoms with Crippen LogP contribution in [0.5, 0.6) is 0 Å². The Balaban J connectivity index is 2.65. The summed E-state index contributed by atoms with van der Waals surface area (Å²) in [5.41, 5.74) is 2.32. The second-order valence-electron chi connectivity index (χ2n) is 3.38. The van der Waals surface area contributed by atoms with E-state index in [2.05, 4.69) is 10.3 Å². The molecular formula is C11H15ClN2O. The van der Waals surface area contributed by atoms with Gasteiger partial charge in [0, 0.05) is 18.1 Å². The minimum atomic E-state index is -0.0786. The summed E-state index contributed by atoms with van der Waals surface area (Å²) in [5, 5.41) is 2.80. The van der Waals surface area contributed by atoms with E-state index < -0.39 is 0 Å². The second-order valence-corrected chi connectivity index (χ2v) is 3.76. The van der Waals surface area contributed by atoms with Gasteiger partial charge in [-0.15, -0.1) is 11.6 Å². The van der Waals surface area contributed by atoms with Crippen molar-refractivity contribution in [3.8, 4) is 0 Å². The highest BCUT2D eigenvalue weighted by atomic mass is 35.5. The third-order valence-corrected chi connectivity index (χ3v) is 2.33. The molecule has 1 heterocycles. The van der Waals surface area contributed by atoms with Gasteiger partial charge in [-0.25, -0.2) is 0 Å². The van der Waals surface area contributed by atoms with Gasteiger partial charge < -0.3 is 5.32 Å². The molecule has 15 heavy (non-hydrogen) atoms. The van der Waals surface area contributed by atoms with E-state index in [4.69, 9.17) is 11.6 Å². The molecule has 0 fully saturated rings. The molecule has 0 radical (unpaired) electrons. The Bertz CT molecular complexity index is 352. The Hall–Kier alpha value is -1.09. The van der Waals surface area contributed by atoms with Crippen LogP contribution in [0.15, 0.2) is 12.1 Å². The summed E-state index contributed by atoms with van der Waals surface area (Å²) >= 11 is 5.52. The normalized spacial score (nSPS) is 10.1. The molecule has 1 N–H and O–H groups in total. The number of nitrogens with one attached hydrogen (secondary N) is 1. The minimum Gasteiger partial charge on any atom is -0.352 e. The monoisotopic (exact) mass is 226 g/mol. The highest BCUT2D eigenvalue weighted by molar-refractivity contribution is 6.17. The van der Waals surface area contributed by atoms with Crippen molar-refractivity contribution in [3.05, 3.63) is 29.1 Å². The van der Waals surface area contributed by atoms with Crippen LogP contribution in [-0.2, 0) is 0 Å². The van der Waals surface area contributed by atoms with Crippen LogP contribution >= 0.6 is 11.6 Å². The van der Waals surface area contributed by atoms with Gasteiger partial charge in [0.1, 0.15) is 0 Å². The zero-order valence-corrected chi connectivity index (χ0v) is 9.77. The number of halogens is 1. The lowest BCUT2D eigenvalue weighted by molar-refractivity contribution is 0.0952. The third kappa shape index (κ3) is 3.51. The molecule has 1 amide bonds. The average molecular weight is 227 g/mol. The van der Waals surface area contributed by atoms with Crippen LogP contribution < -0.4 is 5.32 Å². The standard InChI is InChI=1S/C11H15ClN2O/c1-8-4-5-10(9(2)14-8)11(15)13-7-3-6-12/h4-5H,3,6-7H2,1-2H3,(H,13,15). The maximum absolute atomic E-state index is 11.7. The van der Waals surface area contributed by atoms with Crippen LogP contribution in [0.1, 0.15) is 28.2 Å². The van der Waals surface area contributed by atoms with Crippen LogP contribution in [0.4, 0.5) is 0 Å². The lowest BCUT2D eigenvalue weighted by Crippen LogP contribution is -2.25. The van der Waals surface area contributed by atoms with Gasteiger partial charge in [-0.05, 0) is 32.4 Å². The van der Waals surface area contributed by atoms with E-state index in [0.29, 0.717) is 18.0 Å². The number of hydrogen-bond acceptors (Lipinski definition) is 2. The van der Waals surface area contributed by atoms with Crippen LogP contribution in [0.2, 0.25) is 0 Å². The highest BCUT2D eigenvalue weighted by Gasteiger charge is 2.08. The molecule has 82 valence electrons. The van der Waals surface area contributed by atoms with Crippen molar-refractivity contribution in [3.63, 3.8) is 0 Å². The fourth-order valence-electron chi connectivity index (χ4n) is 1.29. The molecule has 0 spiro atoms. The molecule has 1 rings (SSSR count). The maximum Gasteiger partial charge on any atom is 0.253 e.